The second-order valence-corrected chi connectivity index (χ2v) is 6.98. The highest BCUT2D eigenvalue weighted by Crippen LogP contribution is 2.44. The lowest BCUT2D eigenvalue weighted by Crippen LogP contribution is -2.41. The lowest BCUT2D eigenvalue weighted by Gasteiger charge is -2.43. The average Bonchev–Trinajstić information content (AvgIpc) is 2.47. The van der Waals surface area contributed by atoms with Crippen molar-refractivity contribution >= 4 is 0 Å². The van der Waals surface area contributed by atoms with Crippen LogP contribution in [0.3, 0.4) is 0 Å². The van der Waals surface area contributed by atoms with Crippen LogP contribution in [0.25, 0.3) is 0 Å². The lowest BCUT2D eigenvalue weighted by molar-refractivity contribution is -0.123. The molecule has 0 bridgehead atoms. The average molecular weight is 294 g/mol. The molecular weight excluding hydrogens is 268 g/mol. The molecule has 1 saturated heterocycles. The fourth-order valence-electron chi connectivity index (χ4n) is 3.20. The van der Waals surface area contributed by atoms with E-state index in [0.717, 1.165) is 13.0 Å². The first-order valence-electron chi connectivity index (χ1n) is 8.38. The molecule has 0 aromatic heterocycles. The van der Waals surface area contributed by atoms with Crippen LogP contribution in [0.15, 0.2) is 48.5 Å². The van der Waals surface area contributed by atoms with E-state index in [4.69, 9.17) is 4.74 Å². The van der Waals surface area contributed by atoms with Crippen LogP contribution in [-0.2, 0) is 10.3 Å². The zero-order chi connectivity index (χ0) is 15.7. The van der Waals surface area contributed by atoms with Crippen molar-refractivity contribution in [2.24, 2.45) is 0 Å². The Balaban J connectivity index is 1.94. The third-order valence-electron chi connectivity index (χ3n) is 4.89. The number of hydrogen-bond acceptors (Lipinski definition) is 1. The standard InChI is InChI=1S/C21H26O/c1-15(2)17-5-9-19(10-6-17)21(13-14-22-21)20-11-7-18(8-12-20)16(3)4/h5-12,15-16H,13-14H2,1-4H3. The smallest absolute Gasteiger partial charge is 0.120 e. The topological polar surface area (TPSA) is 9.23 Å². The second kappa shape index (κ2) is 5.89. The molecule has 0 saturated carbocycles. The zero-order valence-corrected chi connectivity index (χ0v) is 14.1. The van der Waals surface area contributed by atoms with E-state index < -0.39 is 0 Å². The Labute approximate surface area is 134 Å². The highest BCUT2D eigenvalue weighted by Gasteiger charge is 2.41. The van der Waals surface area contributed by atoms with Gasteiger partial charge in [-0.3, -0.25) is 0 Å². The number of ether oxygens (including phenoxy) is 1. The zero-order valence-electron chi connectivity index (χ0n) is 14.1. The summed E-state index contributed by atoms with van der Waals surface area (Å²) in [6, 6.07) is 17.9. The Bertz CT molecular complexity index is 562. The van der Waals surface area contributed by atoms with Gasteiger partial charge < -0.3 is 4.74 Å². The molecule has 3 rings (SSSR count). The van der Waals surface area contributed by atoms with Gasteiger partial charge in [0.05, 0.1) is 6.61 Å². The summed E-state index contributed by atoms with van der Waals surface area (Å²) in [4.78, 5) is 0. The first-order valence-corrected chi connectivity index (χ1v) is 8.38. The van der Waals surface area contributed by atoms with Crippen molar-refractivity contribution in [1.29, 1.82) is 0 Å². The Kier molecular flexibility index (Phi) is 4.10. The summed E-state index contributed by atoms with van der Waals surface area (Å²) in [5.41, 5.74) is 5.09. The van der Waals surface area contributed by atoms with E-state index >= 15 is 0 Å². The van der Waals surface area contributed by atoms with Gasteiger partial charge in [-0.25, -0.2) is 0 Å². The van der Waals surface area contributed by atoms with Crippen LogP contribution in [-0.4, -0.2) is 6.61 Å². The van der Waals surface area contributed by atoms with Crippen LogP contribution in [0.1, 0.15) is 68.2 Å². The Morgan fingerprint density at radius 1 is 0.727 bits per heavy atom. The predicted molar refractivity (Wildman–Crippen MR) is 92.4 cm³/mol. The number of benzene rings is 2. The molecule has 1 heteroatoms. The van der Waals surface area contributed by atoms with Gasteiger partial charge >= 0.3 is 0 Å². The summed E-state index contributed by atoms with van der Waals surface area (Å²) in [6.07, 6.45) is 1.06. The molecular formula is C21H26O. The van der Waals surface area contributed by atoms with E-state index in [-0.39, 0.29) is 5.60 Å². The minimum atomic E-state index is -0.231. The maximum absolute atomic E-state index is 6.09. The Morgan fingerprint density at radius 2 is 1.09 bits per heavy atom. The fraction of sp³-hybridized carbons (Fsp3) is 0.429. The molecule has 1 fully saturated rings. The molecule has 1 aliphatic rings. The normalized spacial score (nSPS) is 16.8. The fourth-order valence-corrected chi connectivity index (χ4v) is 3.20. The third kappa shape index (κ3) is 2.59. The van der Waals surface area contributed by atoms with Gasteiger partial charge in [-0.1, -0.05) is 76.2 Å². The molecule has 1 aliphatic heterocycles. The maximum atomic E-state index is 6.09. The first-order chi connectivity index (χ1) is 10.5. The molecule has 1 nitrogen and oxygen atoms in total. The van der Waals surface area contributed by atoms with Crippen LogP contribution < -0.4 is 0 Å². The van der Waals surface area contributed by atoms with Gasteiger partial charge in [0.15, 0.2) is 0 Å². The summed E-state index contributed by atoms with van der Waals surface area (Å²) >= 11 is 0. The number of hydrogen-bond donors (Lipinski definition) is 0. The molecule has 0 aliphatic carbocycles. The summed E-state index contributed by atoms with van der Waals surface area (Å²) in [5, 5.41) is 0. The minimum absolute atomic E-state index is 0.231. The molecule has 1 heterocycles. The highest BCUT2D eigenvalue weighted by atomic mass is 16.5. The summed E-state index contributed by atoms with van der Waals surface area (Å²) in [7, 11) is 0. The van der Waals surface area contributed by atoms with Crippen LogP contribution in [0.5, 0.6) is 0 Å². The van der Waals surface area contributed by atoms with Crippen molar-refractivity contribution in [2.75, 3.05) is 6.61 Å². The van der Waals surface area contributed by atoms with Gasteiger partial charge in [0.25, 0.3) is 0 Å². The molecule has 0 N–H and O–H groups in total. The second-order valence-electron chi connectivity index (χ2n) is 6.98. The first kappa shape index (κ1) is 15.3. The Hall–Kier alpha value is -1.60. The molecule has 22 heavy (non-hydrogen) atoms. The van der Waals surface area contributed by atoms with Gasteiger partial charge in [0.2, 0.25) is 0 Å². The largest absolute Gasteiger partial charge is 0.365 e. The van der Waals surface area contributed by atoms with Gasteiger partial charge in [0, 0.05) is 6.42 Å². The SMILES string of the molecule is CC(C)c1ccc(C2(c3ccc(C(C)C)cc3)CCO2)cc1. The van der Waals surface area contributed by atoms with Crippen molar-refractivity contribution in [3.63, 3.8) is 0 Å². The van der Waals surface area contributed by atoms with Crippen LogP contribution >= 0.6 is 0 Å². The predicted octanol–water partition coefficient (Wildman–Crippen LogP) is 5.60. The summed E-state index contributed by atoms with van der Waals surface area (Å²) in [6.45, 7) is 9.77. The molecule has 0 unspecified atom stereocenters. The van der Waals surface area contributed by atoms with E-state index in [2.05, 4.69) is 76.2 Å². The van der Waals surface area contributed by atoms with E-state index in [9.17, 15) is 0 Å². The van der Waals surface area contributed by atoms with Crippen molar-refractivity contribution in [1.82, 2.24) is 0 Å². The minimum Gasteiger partial charge on any atom is -0.365 e. The van der Waals surface area contributed by atoms with Crippen molar-refractivity contribution in [3.05, 3.63) is 70.8 Å². The van der Waals surface area contributed by atoms with Crippen molar-refractivity contribution < 1.29 is 4.74 Å². The molecule has 0 atom stereocenters. The Morgan fingerprint density at radius 3 is 1.32 bits per heavy atom. The summed E-state index contributed by atoms with van der Waals surface area (Å²) < 4.78 is 6.09. The molecule has 2 aromatic rings. The molecule has 116 valence electrons. The van der Waals surface area contributed by atoms with Crippen LogP contribution in [0.2, 0.25) is 0 Å². The van der Waals surface area contributed by atoms with Gasteiger partial charge in [0.1, 0.15) is 5.60 Å². The van der Waals surface area contributed by atoms with Gasteiger partial charge in [-0.2, -0.15) is 0 Å². The molecule has 0 radical (unpaired) electrons. The highest BCUT2D eigenvalue weighted by molar-refractivity contribution is 5.41. The van der Waals surface area contributed by atoms with Gasteiger partial charge in [-0.05, 0) is 34.1 Å². The van der Waals surface area contributed by atoms with Gasteiger partial charge in [-0.15, -0.1) is 0 Å². The van der Waals surface area contributed by atoms with E-state index in [0.29, 0.717) is 11.8 Å². The number of rotatable bonds is 4. The third-order valence-corrected chi connectivity index (χ3v) is 4.89. The van der Waals surface area contributed by atoms with Crippen LogP contribution in [0.4, 0.5) is 0 Å². The maximum Gasteiger partial charge on any atom is 0.120 e. The molecule has 0 amide bonds. The quantitative estimate of drug-likeness (QED) is 0.713. The van der Waals surface area contributed by atoms with Crippen LogP contribution in [0, 0.1) is 0 Å². The van der Waals surface area contributed by atoms with E-state index in [1.165, 1.54) is 22.3 Å². The summed E-state index contributed by atoms with van der Waals surface area (Å²) in [5.74, 6) is 1.13. The lowest BCUT2D eigenvalue weighted by atomic mass is 9.79. The van der Waals surface area contributed by atoms with E-state index in [1.807, 2.05) is 0 Å². The molecule has 2 aromatic carbocycles. The van der Waals surface area contributed by atoms with Crippen molar-refractivity contribution in [3.8, 4) is 0 Å². The monoisotopic (exact) mass is 294 g/mol. The van der Waals surface area contributed by atoms with E-state index in [1.54, 1.807) is 0 Å². The van der Waals surface area contributed by atoms with Crippen molar-refractivity contribution in [2.45, 2.75) is 51.6 Å². The molecule has 0 spiro atoms.